The van der Waals surface area contributed by atoms with Crippen molar-refractivity contribution in [3.63, 3.8) is 0 Å². The first-order valence-corrected chi connectivity index (χ1v) is 5.63. The van der Waals surface area contributed by atoms with E-state index in [9.17, 15) is 9.18 Å². The van der Waals surface area contributed by atoms with Crippen LogP contribution < -0.4 is 5.63 Å². The van der Waals surface area contributed by atoms with Gasteiger partial charge in [0.2, 0.25) is 0 Å². The van der Waals surface area contributed by atoms with Crippen LogP contribution in [0.15, 0.2) is 58.1 Å². The third-order valence-corrected chi connectivity index (χ3v) is 2.80. The molecule has 0 fully saturated rings. The Kier molecular flexibility index (Phi) is 2.72. The molecule has 5 heteroatoms. The quantitative estimate of drug-likeness (QED) is 0.767. The van der Waals surface area contributed by atoms with E-state index in [1.54, 1.807) is 36.7 Å². The summed E-state index contributed by atoms with van der Waals surface area (Å²) in [5.74, 6) is -0.333. The molecule has 1 N–H and O–H groups in total. The number of pyridine rings is 1. The van der Waals surface area contributed by atoms with Crippen molar-refractivity contribution >= 4 is 0 Å². The molecule has 3 aromatic rings. The third kappa shape index (κ3) is 2.06. The molecule has 0 unspecified atom stereocenters. The van der Waals surface area contributed by atoms with E-state index in [1.807, 2.05) is 0 Å². The fourth-order valence-electron chi connectivity index (χ4n) is 1.90. The summed E-state index contributed by atoms with van der Waals surface area (Å²) in [6.45, 7) is 0. The smallest absolute Gasteiger partial charge is 0.338 e. The Morgan fingerprint density at radius 1 is 1.00 bits per heavy atom. The molecule has 3 rings (SSSR count). The molecule has 0 aliphatic heterocycles. The highest BCUT2D eigenvalue weighted by atomic mass is 19.1. The molecule has 0 amide bonds. The molecular weight excluding hydrogens is 247 g/mol. The van der Waals surface area contributed by atoms with Crippen molar-refractivity contribution in [3.05, 3.63) is 65.0 Å². The topological polar surface area (TPSA) is 58.9 Å². The van der Waals surface area contributed by atoms with Crippen molar-refractivity contribution in [3.8, 4) is 22.4 Å². The summed E-state index contributed by atoms with van der Waals surface area (Å²) in [7, 11) is 0. The maximum absolute atomic E-state index is 12.9. The highest BCUT2D eigenvalue weighted by Crippen LogP contribution is 2.27. The molecule has 0 radical (unpaired) electrons. The predicted molar refractivity (Wildman–Crippen MR) is 68.0 cm³/mol. The lowest BCUT2D eigenvalue weighted by atomic mass is 10.0. The van der Waals surface area contributed by atoms with E-state index >= 15 is 0 Å². The van der Waals surface area contributed by atoms with Gasteiger partial charge in [-0.05, 0) is 42.0 Å². The molecule has 0 aliphatic carbocycles. The Bertz CT molecular complexity index is 745. The number of nitrogens with one attached hydrogen (secondary N) is 1. The molecular formula is C14H9FN2O2. The van der Waals surface area contributed by atoms with Crippen molar-refractivity contribution in [1.82, 2.24) is 10.1 Å². The molecule has 0 atom stereocenters. The van der Waals surface area contributed by atoms with Crippen molar-refractivity contribution in [1.29, 1.82) is 0 Å². The molecule has 2 heterocycles. The first-order valence-electron chi connectivity index (χ1n) is 5.63. The highest BCUT2D eigenvalue weighted by Gasteiger charge is 2.15. The summed E-state index contributed by atoms with van der Waals surface area (Å²) in [6, 6.07) is 9.26. The van der Waals surface area contributed by atoms with Crippen molar-refractivity contribution in [2.45, 2.75) is 0 Å². The Balaban J connectivity index is 2.19. The summed E-state index contributed by atoms with van der Waals surface area (Å²) < 4.78 is 17.8. The normalized spacial score (nSPS) is 10.6. The van der Waals surface area contributed by atoms with Crippen LogP contribution in [-0.4, -0.2) is 10.1 Å². The highest BCUT2D eigenvalue weighted by molar-refractivity contribution is 5.79. The molecule has 0 saturated carbocycles. The summed E-state index contributed by atoms with van der Waals surface area (Å²) in [4.78, 5) is 15.7. The maximum Gasteiger partial charge on any atom is 0.365 e. The number of halogens is 1. The van der Waals surface area contributed by atoms with Crippen LogP contribution in [0, 0.1) is 5.82 Å². The third-order valence-electron chi connectivity index (χ3n) is 2.80. The number of hydrogen-bond donors (Lipinski definition) is 1. The van der Waals surface area contributed by atoms with E-state index in [-0.39, 0.29) is 5.82 Å². The van der Waals surface area contributed by atoms with Gasteiger partial charge in [-0.25, -0.2) is 14.3 Å². The number of rotatable bonds is 2. The van der Waals surface area contributed by atoms with Crippen LogP contribution in [-0.2, 0) is 0 Å². The standard InChI is InChI=1S/C14H9FN2O2/c15-11-3-1-10(2-4-11)13-12(14(18)19-17-13)9-5-7-16-8-6-9/h1-8,17H. The van der Waals surface area contributed by atoms with Gasteiger partial charge >= 0.3 is 5.63 Å². The summed E-state index contributed by atoms with van der Waals surface area (Å²) in [6.07, 6.45) is 3.19. The average Bonchev–Trinajstić information content (AvgIpc) is 2.82. The second kappa shape index (κ2) is 4.53. The fraction of sp³-hybridized carbons (Fsp3) is 0. The summed E-state index contributed by atoms with van der Waals surface area (Å²) in [5, 5.41) is 2.58. The monoisotopic (exact) mass is 256 g/mol. The van der Waals surface area contributed by atoms with E-state index in [2.05, 4.69) is 10.1 Å². The molecule has 2 aromatic heterocycles. The average molecular weight is 256 g/mol. The van der Waals surface area contributed by atoms with Crippen LogP contribution in [0.4, 0.5) is 4.39 Å². The maximum atomic E-state index is 12.9. The van der Waals surface area contributed by atoms with Gasteiger partial charge in [0, 0.05) is 18.0 Å². The van der Waals surface area contributed by atoms with Crippen LogP contribution in [0.1, 0.15) is 0 Å². The van der Waals surface area contributed by atoms with E-state index in [4.69, 9.17) is 4.52 Å². The van der Waals surface area contributed by atoms with Crippen LogP contribution in [0.5, 0.6) is 0 Å². The van der Waals surface area contributed by atoms with Gasteiger partial charge in [0.25, 0.3) is 0 Å². The zero-order valence-electron chi connectivity index (χ0n) is 9.76. The lowest BCUT2D eigenvalue weighted by Gasteiger charge is -2.01. The molecule has 94 valence electrons. The van der Waals surface area contributed by atoms with E-state index in [1.165, 1.54) is 12.1 Å². The number of benzene rings is 1. The second-order valence-corrected chi connectivity index (χ2v) is 3.98. The lowest BCUT2D eigenvalue weighted by molar-refractivity contribution is 0.394. The number of aromatic nitrogens is 2. The first kappa shape index (κ1) is 11.4. The van der Waals surface area contributed by atoms with Gasteiger partial charge in [-0.3, -0.25) is 4.98 Å². The fourth-order valence-corrected chi connectivity index (χ4v) is 1.90. The van der Waals surface area contributed by atoms with Gasteiger partial charge in [0.1, 0.15) is 5.82 Å². The molecule has 0 aliphatic rings. The minimum absolute atomic E-state index is 0.333. The van der Waals surface area contributed by atoms with Crippen LogP contribution in [0.2, 0.25) is 0 Å². The minimum Gasteiger partial charge on any atom is -0.338 e. The number of aromatic amines is 1. The first-order chi connectivity index (χ1) is 9.25. The van der Waals surface area contributed by atoms with E-state index in [0.717, 1.165) is 0 Å². The van der Waals surface area contributed by atoms with Crippen LogP contribution in [0.25, 0.3) is 22.4 Å². The van der Waals surface area contributed by atoms with Crippen molar-refractivity contribution in [2.24, 2.45) is 0 Å². The zero-order valence-corrected chi connectivity index (χ0v) is 9.76. The Labute approximate surface area is 107 Å². The van der Waals surface area contributed by atoms with Crippen LogP contribution in [0.3, 0.4) is 0 Å². The largest absolute Gasteiger partial charge is 0.365 e. The second-order valence-electron chi connectivity index (χ2n) is 3.98. The molecule has 0 spiro atoms. The van der Waals surface area contributed by atoms with Gasteiger partial charge in [0.15, 0.2) is 0 Å². The van der Waals surface area contributed by atoms with Gasteiger partial charge in [-0.2, -0.15) is 0 Å². The number of H-pyrrole nitrogens is 1. The number of nitrogens with zero attached hydrogens (tertiary/aromatic N) is 1. The van der Waals surface area contributed by atoms with E-state index in [0.29, 0.717) is 22.4 Å². The Morgan fingerprint density at radius 3 is 2.37 bits per heavy atom. The molecule has 19 heavy (non-hydrogen) atoms. The van der Waals surface area contributed by atoms with Crippen LogP contribution >= 0.6 is 0 Å². The zero-order chi connectivity index (χ0) is 13.2. The van der Waals surface area contributed by atoms with Crippen molar-refractivity contribution < 1.29 is 8.91 Å². The number of hydrogen-bond acceptors (Lipinski definition) is 3. The van der Waals surface area contributed by atoms with Gasteiger partial charge in [-0.1, -0.05) is 0 Å². The van der Waals surface area contributed by atoms with E-state index < -0.39 is 5.63 Å². The minimum atomic E-state index is -0.467. The van der Waals surface area contributed by atoms with Gasteiger partial charge < -0.3 is 4.52 Å². The Morgan fingerprint density at radius 2 is 1.68 bits per heavy atom. The lowest BCUT2D eigenvalue weighted by Crippen LogP contribution is -1.97. The predicted octanol–water partition coefficient (Wildman–Crippen LogP) is 2.84. The molecule has 0 bridgehead atoms. The Hall–Kier alpha value is -2.69. The molecule has 0 saturated heterocycles. The SMILES string of the molecule is O=c1o[nH]c(-c2ccc(F)cc2)c1-c1ccncc1. The molecule has 4 nitrogen and oxygen atoms in total. The van der Waals surface area contributed by atoms with Gasteiger partial charge in [0.05, 0.1) is 11.3 Å². The summed E-state index contributed by atoms with van der Waals surface area (Å²) in [5.41, 5.74) is 1.85. The molecule has 1 aromatic carbocycles. The van der Waals surface area contributed by atoms with Crippen molar-refractivity contribution in [2.75, 3.05) is 0 Å². The summed E-state index contributed by atoms with van der Waals surface area (Å²) >= 11 is 0. The van der Waals surface area contributed by atoms with Gasteiger partial charge in [-0.15, -0.1) is 0 Å².